The summed E-state index contributed by atoms with van der Waals surface area (Å²) in [6, 6.07) is 15.0. The number of urea groups is 1. The van der Waals surface area contributed by atoms with E-state index in [1.54, 1.807) is 42.7 Å². The Morgan fingerprint density at radius 2 is 1.47 bits per heavy atom. The Labute approximate surface area is 344 Å². The minimum Gasteiger partial charge on any atom is -0.481 e. The van der Waals surface area contributed by atoms with E-state index in [-0.39, 0.29) is 44.4 Å². The number of benzene rings is 2. The first kappa shape index (κ1) is 45.4. The Kier molecular flexibility index (Phi) is 17.8. The van der Waals surface area contributed by atoms with Crippen LogP contribution in [0.1, 0.15) is 93.7 Å². The van der Waals surface area contributed by atoms with Gasteiger partial charge in [-0.25, -0.2) is 4.79 Å². The molecule has 0 spiro atoms. The topological polar surface area (TPSA) is 251 Å². The van der Waals surface area contributed by atoms with E-state index >= 15 is 0 Å². The molecule has 316 valence electrons. The Balaban J connectivity index is 1.40. The molecule has 3 aromatic rings. The number of hydrogen-bond acceptors (Lipinski definition) is 8. The van der Waals surface area contributed by atoms with Crippen LogP contribution in [0, 0.1) is 6.92 Å². The summed E-state index contributed by atoms with van der Waals surface area (Å²) >= 11 is 0. The average Bonchev–Trinajstić information content (AvgIpc) is 3.21. The fourth-order valence-electron chi connectivity index (χ4n) is 6.91. The number of pyridine rings is 1. The summed E-state index contributed by atoms with van der Waals surface area (Å²) < 4.78 is 0. The maximum absolute atomic E-state index is 13.9. The number of primary amides is 1. The van der Waals surface area contributed by atoms with Gasteiger partial charge in [-0.3, -0.25) is 33.8 Å². The summed E-state index contributed by atoms with van der Waals surface area (Å²) in [7, 11) is 0. The maximum atomic E-state index is 13.9. The van der Waals surface area contributed by atoms with Crippen LogP contribution in [0.4, 0.5) is 16.2 Å². The predicted octanol–water partition coefficient (Wildman–Crippen LogP) is 4.02. The first-order chi connectivity index (χ1) is 28.3. The summed E-state index contributed by atoms with van der Waals surface area (Å²) in [6.07, 6.45) is 7.89. The van der Waals surface area contributed by atoms with Crippen LogP contribution in [-0.2, 0) is 41.6 Å². The van der Waals surface area contributed by atoms with Gasteiger partial charge in [0.25, 0.3) is 0 Å². The molecular weight excluding hydrogens is 757 g/mol. The van der Waals surface area contributed by atoms with E-state index in [1.165, 1.54) is 0 Å². The second-order valence-electron chi connectivity index (χ2n) is 14.9. The van der Waals surface area contributed by atoms with Crippen molar-refractivity contribution in [1.82, 2.24) is 26.3 Å². The lowest BCUT2D eigenvalue weighted by Crippen LogP contribution is -2.62. The number of hydrogen-bond donors (Lipinski definition) is 8. The zero-order valence-corrected chi connectivity index (χ0v) is 33.5. The third-order valence-corrected chi connectivity index (χ3v) is 10.3. The lowest BCUT2D eigenvalue weighted by atomic mass is 9.80. The van der Waals surface area contributed by atoms with Crippen molar-refractivity contribution in [3.05, 3.63) is 89.7 Å². The van der Waals surface area contributed by atoms with Gasteiger partial charge in [0.2, 0.25) is 29.5 Å². The molecule has 0 unspecified atom stereocenters. The Morgan fingerprint density at radius 3 is 2.15 bits per heavy atom. The molecule has 0 bridgehead atoms. The molecule has 7 amide bonds. The Hall–Kier alpha value is -6.32. The SMILES string of the molecule is Cc1ccccc1NC(=O)Nc1ccc(CC(=O)N[C@@H](CCCCNC(=O)CCc2cccnc2)C(=O)N[C@@H](CCCC(=O)O)C(=O)NC2(C(N)=O)CCCCC2)cc1. The number of nitrogens with two attached hydrogens (primary N) is 1. The molecule has 59 heavy (non-hydrogen) atoms. The number of unbranched alkanes of at least 4 members (excludes halogenated alkanes) is 1. The Morgan fingerprint density at radius 1 is 0.763 bits per heavy atom. The van der Waals surface area contributed by atoms with E-state index < -0.39 is 53.3 Å². The minimum absolute atomic E-state index is 0.0339. The van der Waals surface area contributed by atoms with Gasteiger partial charge in [0.05, 0.1) is 6.42 Å². The summed E-state index contributed by atoms with van der Waals surface area (Å²) in [4.78, 5) is 93.9. The molecule has 1 heterocycles. The number of amides is 7. The van der Waals surface area contributed by atoms with E-state index in [4.69, 9.17) is 5.73 Å². The molecule has 9 N–H and O–H groups in total. The lowest BCUT2D eigenvalue weighted by molar-refractivity contribution is -0.138. The molecular formula is C43H56N8O8. The highest BCUT2D eigenvalue weighted by Gasteiger charge is 2.41. The summed E-state index contributed by atoms with van der Waals surface area (Å²) in [6.45, 7) is 2.22. The Bertz CT molecular complexity index is 1900. The summed E-state index contributed by atoms with van der Waals surface area (Å²) in [5, 5.41) is 26.0. The molecule has 1 fully saturated rings. The first-order valence-electron chi connectivity index (χ1n) is 20.1. The number of rotatable bonds is 22. The molecule has 1 aromatic heterocycles. The van der Waals surface area contributed by atoms with Gasteiger partial charge in [-0.15, -0.1) is 0 Å². The highest BCUT2D eigenvalue weighted by Crippen LogP contribution is 2.28. The van der Waals surface area contributed by atoms with Crippen molar-refractivity contribution in [2.24, 2.45) is 5.73 Å². The van der Waals surface area contributed by atoms with Crippen LogP contribution in [0.25, 0.3) is 0 Å². The van der Waals surface area contributed by atoms with Gasteiger partial charge in [0.1, 0.15) is 17.6 Å². The van der Waals surface area contributed by atoms with Gasteiger partial charge in [-0.1, -0.05) is 55.7 Å². The second-order valence-corrected chi connectivity index (χ2v) is 14.9. The third kappa shape index (κ3) is 15.5. The quantitative estimate of drug-likeness (QED) is 0.0682. The monoisotopic (exact) mass is 812 g/mol. The van der Waals surface area contributed by atoms with Crippen LogP contribution in [-0.4, -0.2) is 75.8 Å². The van der Waals surface area contributed by atoms with Crippen molar-refractivity contribution in [2.75, 3.05) is 17.2 Å². The zero-order chi connectivity index (χ0) is 42.6. The molecule has 0 saturated heterocycles. The average molecular weight is 813 g/mol. The number of carboxylic acid groups (broad SMARTS) is 1. The van der Waals surface area contributed by atoms with Crippen molar-refractivity contribution < 1.29 is 38.7 Å². The number of nitrogens with zero attached hydrogens (tertiary/aromatic N) is 1. The van der Waals surface area contributed by atoms with Gasteiger partial charge < -0.3 is 42.7 Å². The summed E-state index contributed by atoms with van der Waals surface area (Å²) in [5.41, 5.74) is 8.09. The molecule has 1 aliphatic rings. The number of carbonyl (C=O) groups is 7. The number of carboxylic acids is 1. The highest BCUT2D eigenvalue weighted by atomic mass is 16.4. The molecule has 16 nitrogen and oxygen atoms in total. The number of aromatic nitrogens is 1. The molecule has 0 aliphatic heterocycles. The number of anilines is 2. The van der Waals surface area contributed by atoms with E-state index in [0.29, 0.717) is 68.4 Å². The molecule has 0 radical (unpaired) electrons. The van der Waals surface area contributed by atoms with Crippen molar-refractivity contribution >= 4 is 52.9 Å². The maximum Gasteiger partial charge on any atom is 0.323 e. The molecule has 4 rings (SSSR count). The van der Waals surface area contributed by atoms with E-state index in [2.05, 4.69) is 36.9 Å². The predicted molar refractivity (Wildman–Crippen MR) is 222 cm³/mol. The number of nitrogens with one attached hydrogen (secondary N) is 6. The van der Waals surface area contributed by atoms with Crippen LogP contribution in [0.5, 0.6) is 0 Å². The fraction of sp³-hybridized carbons (Fsp3) is 0.442. The normalized spacial score (nSPS) is 14.1. The van der Waals surface area contributed by atoms with Crippen LogP contribution >= 0.6 is 0 Å². The van der Waals surface area contributed by atoms with Crippen molar-refractivity contribution in [1.29, 1.82) is 0 Å². The highest BCUT2D eigenvalue weighted by molar-refractivity contribution is 6.00. The van der Waals surface area contributed by atoms with Crippen molar-refractivity contribution in [3.63, 3.8) is 0 Å². The number of para-hydroxylation sites is 1. The summed E-state index contributed by atoms with van der Waals surface area (Å²) in [5.74, 6) is -3.68. The second kappa shape index (κ2) is 23.2. The van der Waals surface area contributed by atoms with Gasteiger partial charge in [-0.2, -0.15) is 0 Å². The van der Waals surface area contributed by atoms with Gasteiger partial charge >= 0.3 is 12.0 Å². The van der Waals surface area contributed by atoms with Crippen LogP contribution in [0.2, 0.25) is 0 Å². The standard InChI is InChI=1S/C43H56N8O8/c1-29-11-3-4-13-33(29)50-42(59)47-32-20-17-30(18-21-32)27-37(53)48-34(14-5-8-26-46-36(52)22-19-31-12-10-25-45-28-31)39(56)49-35(15-9-16-38(54)55)40(57)51-43(41(44)58)23-6-2-7-24-43/h3-4,10-13,17-18,20-21,25,28,34-35H,2,5-9,14-16,19,22-24,26-27H2,1H3,(H2,44,58)(H,46,52)(H,48,53)(H,49,56)(H,51,57)(H,54,55)(H2,47,50,59)/t34-,35-/m0/s1. The zero-order valence-electron chi connectivity index (χ0n) is 33.5. The van der Waals surface area contributed by atoms with Crippen LogP contribution in [0.15, 0.2) is 73.1 Å². The molecule has 2 aromatic carbocycles. The number of aryl methyl sites for hydroxylation is 2. The smallest absolute Gasteiger partial charge is 0.323 e. The minimum atomic E-state index is -1.28. The number of carbonyl (C=O) groups excluding carboxylic acids is 6. The lowest BCUT2D eigenvalue weighted by Gasteiger charge is -2.36. The van der Waals surface area contributed by atoms with Crippen LogP contribution < -0.4 is 37.6 Å². The van der Waals surface area contributed by atoms with Crippen molar-refractivity contribution in [2.45, 2.75) is 114 Å². The molecule has 1 aliphatic carbocycles. The van der Waals surface area contributed by atoms with E-state index in [0.717, 1.165) is 17.5 Å². The van der Waals surface area contributed by atoms with Gasteiger partial charge in [0.15, 0.2) is 0 Å². The van der Waals surface area contributed by atoms with E-state index in [9.17, 15) is 38.7 Å². The largest absolute Gasteiger partial charge is 0.481 e. The van der Waals surface area contributed by atoms with Gasteiger partial charge in [-0.05, 0) is 99.2 Å². The van der Waals surface area contributed by atoms with Crippen LogP contribution in [0.3, 0.4) is 0 Å². The molecule has 16 heteroatoms. The fourth-order valence-corrected chi connectivity index (χ4v) is 6.91. The van der Waals surface area contributed by atoms with E-state index in [1.807, 2.05) is 37.3 Å². The molecule has 2 atom stereocenters. The third-order valence-electron chi connectivity index (χ3n) is 10.3. The van der Waals surface area contributed by atoms with Crippen molar-refractivity contribution in [3.8, 4) is 0 Å². The number of aliphatic carboxylic acids is 1. The molecule has 1 saturated carbocycles. The first-order valence-corrected chi connectivity index (χ1v) is 20.1. The van der Waals surface area contributed by atoms with Gasteiger partial charge in [0, 0.05) is 43.2 Å².